The molecule has 1 aromatic heterocycles. The Kier molecular flexibility index (Phi) is 4.95. The highest BCUT2D eigenvalue weighted by atomic mass is 16.4. The average Bonchev–Trinajstić information content (AvgIpc) is 2.92. The van der Waals surface area contributed by atoms with Gasteiger partial charge in [-0.3, -0.25) is 4.79 Å². The standard InChI is InChI=1S/C9H13N3O2.C2H6/c1-6(4-7-2-3-7)11-8(13)9-12-10-5-14-9;1-2/h5-7H,2-4H2,1H3,(H,11,13);1-2H3. The molecular weight excluding hydrogens is 206 g/mol. The van der Waals surface area contributed by atoms with Crippen LogP contribution in [0.1, 0.15) is 50.7 Å². The van der Waals surface area contributed by atoms with Gasteiger partial charge in [0.2, 0.25) is 6.39 Å². The molecule has 0 aromatic carbocycles. The van der Waals surface area contributed by atoms with Gasteiger partial charge in [0, 0.05) is 6.04 Å². The van der Waals surface area contributed by atoms with Crippen LogP contribution in [0, 0.1) is 5.92 Å². The minimum atomic E-state index is -0.282. The topological polar surface area (TPSA) is 68.0 Å². The van der Waals surface area contributed by atoms with E-state index in [4.69, 9.17) is 4.42 Å². The Morgan fingerprint density at radius 1 is 1.62 bits per heavy atom. The maximum atomic E-state index is 11.4. The summed E-state index contributed by atoms with van der Waals surface area (Å²) in [6.45, 7) is 5.99. The van der Waals surface area contributed by atoms with E-state index in [1.807, 2.05) is 20.8 Å². The van der Waals surface area contributed by atoms with E-state index in [0.29, 0.717) is 0 Å². The van der Waals surface area contributed by atoms with Crippen molar-refractivity contribution in [3.8, 4) is 0 Å². The molecule has 1 heterocycles. The lowest BCUT2D eigenvalue weighted by Gasteiger charge is -2.10. The van der Waals surface area contributed by atoms with Gasteiger partial charge < -0.3 is 9.73 Å². The highest BCUT2D eigenvalue weighted by Gasteiger charge is 2.25. The second-order valence-electron chi connectivity index (χ2n) is 3.80. The molecule has 1 saturated carbocycles. The van der Waals surface area contributed by atoms with Gasteiger partial charge in [0.25, 0.3) is 0 Å². The van der Waals surface area contributed by atoms with Gasteiger partial charge in [-0.05, 0) is 19.3 Å². The van der Waals surface area contributed by atoms with E-state index < -0.39 is 0 Å². The Labute approximate surface area is 95.6 Å². The van der Waals surface area contributed by atoms with E-state index >= 15 is 0 Å². The summed E-state index contributed by atoms with van der Waals surface area (Å²) in [4.78, 5) is 11.4. The van der Waals surface area contributed by atoms with Crippen LogP contribution in [0.5, 0.6) is 0 Å². The van der Waals surface area contributed by atoms with Crippen molar-refractivity contribution >= 4 is 5.91 Å². The van der Waals surface area contributed by atoms with Crippen LogP contribution in [-0.4, -0.2) is 22.1 Å². The van der Waals surface area contributed by atoms with Crippen molar-refractivity contribution in [2.24, 2.45) is 5.92 Å². The van der Waals surface area contributed by atoms with Crippen LogP contribution >= 0.6 is 0 Å². The first-order valence-corrected chi connectivity index (χ1v) is 5.82. The number of hydrogen-bond donors (Lipinski definition) is 1. The Hall–Kier alpha value is -1.39. The average molecular weight is 225 g/mol. The smallest absolute Gasteiger partial charge is 0.309 e. The molecule has 1 unspecified atom stereocenters. The molecule has 5 nitrogen and oxygen atoms in total. The van der Waals surface area contributed by atoms with E-state index in [-0.39, 0.29) is 17.8 Å². The Morgan fingerprint density at radius 3 is 2.81 bits per heavy atom. The van der Waals surface area contributed by atoms with Crippen molar-refractivity contribution in [3.05, 3.63) is 12.3 Å². The minimum Gasteiger partial charge on any atom is -0.420 e. The predicted molar refractivity (Wildman–Crippen MR) is 59.9 cm³/mol. The second-order valence-corrected chi connectivity index (χ2v) is 3.80. The van der Waals surface area contributed by atoms with Gasteiger partial charge in [-0.1, -0.05) is 26.7 Å². The maximum absolute atomic E-state index is 11.4. The van der Waals surface area contributed by atoms with E-state index in [2.05, 4.69) is 15.5 Å². The zero-order chi connectivity index (χ0) is 12.0. The summed E-state index contributed by atoms with van der Waals surface area (Å²) < 4.78 is 4.78. The molecular formula is C11H19N3O2. The van der Waals surface area contributed by atoms with Gasteiger partial charge in [-0.2, -0.15) is 0 Å². The molecule has 90 valence electrons. The molecule has 0 aliphatic heterocycles. The summed E-state index contributed by atoms with van der Waals surface area (Å²) in [5.41, 5.74) is 0. The summed E-state index contributed by atoms with van der Waals surface area (Å²) in [7, 11) is 0. The molecule has 0 bridgehead atoms. The lowest BCUT2D eigenvalue weighted by atomic mass is 10.1. The quantitative estimate of drug-likeness (QED) is 0.851. The van der Waals surface area contributed by atoms with E-state index in [9.17, 15) is 4.79 Å². The number of aromatic nitrogens is 2. The highest BCUT2D eigenvalue weighted by Crippen LogP contribution is 2.33. The Morgan fingerprint density at radius 2 is 2.31 bits per heavy atom. The van der Waals surface area contributed by atoms with Crippen LogP contribution < -0.4 is 5.32 Å². The summed E-state index contributed by atoms with van der Waals surface area (Å²) in [5, 5.41) is 9.80. The first kappa shape index (κ1) is 12.7. The zero-order valence-electron chi connectivity index (χ0n) is 10.1. The monoisotopic (exact) mass is 225 g/mol. The fourth-order valence-corrected chi connectivity index (χ4v) is 1.47. The molecule has 5 heteroatoms. The largest absolute Gasteiger partial charge is 0.420 e. The molecule has 16 heavy (non-hydrogen) atoms. The number of amides is 1. The van der Waals surface area contributed by atoms with Crippen molar-refractivity contribution in [1.82, 2.24) is 15.5 Å². The van der Waals surface area contributed by atoms with Gasteiger partial charge in [0.05, 0.1) is 0 Å². The van der Waals surface area contributed by atoms with Crippen LogP contribution in [0.25, 0.3) is 0 Å². The van der Waals surface area contributed by atoms with Crippen molar-refractivity contribution in [2.45, 2.75) is 46.1 Å². The van der Waals surface area contributed by atoms with Crippen LogP contribution in [0.15, 0.2) is 10.8 Å². The van der Waals surface area contributed by atoms with E-state index in [1.165, 1.54) is 12.8 Å². The molecule has 2 rings (SSSR count). The van der Waals surface area contributed by atoms with Crippen LogP contribution in [-0.2, 0) is 0 Å². The van der Waals surface area contributed by atoms with Gasteiger partial charge in [-0.15, -0.1) is 10.2 Å². The van der Waals surface area contributed by atoms with Crippen molar-refractivity contribution < 1.29 is 9.21 Å². The molecule has 1 aliphatic rings. The SMILES string of the molecule is CC.CC(CC1CC1)NC(=O)c1nnco1. The van der Waals surface area contributed by atoms with Gasteiger partial charge in [0.1, 0.15) is 0 Å². The number of nitrogens with one attached hydrogen (secondary N) is 1. The number of rotatable bonds is 4. The van der Waals surface area contributed by atoms with Crippen LogP contribution in [0.4, 0.5) is 0 Å². The molecule has 0 spiro atoms. The third kappa shape index (κ3) is 4.00. The Bertz CT molecular complexity index is 307. The van der Waals surface area contributed by atoms with E-state index in [1.54, 1.807) is 0 Å². The third-order valence-corrected chi connectivity index (χ3v) is 2.32. The van der Waals surface area contributed by atoms with Gasteiger partial charge in [0.15, 0.2) is 0 Å². The summed E-state index contributed by atoms with van der Waals surface area (Å²) in [6.07, 6.45) is 4.78. The molecule has 1 amide bonds. The molecule has 0 saturated heterocycles. The zero-order valence-corrected chi connectivity index (χ0v) is 10.1. The molecule has 1 fully saturated rings. The minimum absolute atomic E-state index is 0.0349. The fraction of sp³-hybridized carbons (Fsp3) is 0.727. The molecule has 1 atom stereocenters. The molecule has 0 radical (unpaired) electrons. The molecule has 1 N–H and O–H groups in total. The predicted octanol–water partition coefficient (Wildman–Crippen LogP) is 2.01. The maximum Gasteiger partial charge on any atom is 0.309 e. The summed E-state index contributed by atoms with van der Waals surface area (Å²) >= 11 is 0. The lowest BCUT2D eigenvalue weighted by molar-refractivity contribution is 0.0902. The summed E-state index contributed by atoms with van der Waals surface area (Å²) in [5.74, 6) is 0.552. The van der Waals surface area contributed by atoms with E-state index in [0.717, 1.165) is 18.7 Å². The summed E-state index contributed by atoms with van der Waals surface area (Å²) in [6, 6.07) is 0.182. The lowest BCUT2D eigenvalue weighted by Crippen LogP contribution is -2.33. The second kappa shape index (κ2) is 6.25. The Balaban J connectivity index is 0.000000606. The van der Waals surface area contributed by atoms with Crippen molar-refractivity contribution in [3.63, 3.8) is 0 Å². The van der Waals surface area contributed by atoms with Crippen molar-refractivity contribution in [2.75, 3.05) is 0 Å². The highest BCUT2D eigenvalue weighted by molar-refractivity contribution is 5.89. The first-order chi connectivity index (χ1) is 7.75. The number of hydrogen-bond acceptors (Lipinski definition) is 4. The number of carbonyl (C=O) groups is 1. The van der Waals surface area contributed by atoms with Crippen molar-refractivity contribution in [1.29, 1.82) is 0 Å². The third-order valence-electron chi connectivity index (χ3n) is 2.32. The van der Waals surface area contributed by atoms with Crippen LogP contribution in [0.3, 0.4) is 0 Å². The number of nitrogens with zero attached hydrogens (tertiary/aromatic N) is 2. The normalized spacial score (nSPS) is 15.9. The fourth-order valence-electron chi connectivity index (χ4n) is 1.47. The molecule has 1 aliphatic carbocycles. The first-order valence-electron chi connectivity index (χ1n) is 5.82. The van der Waals surface area contributed by atoms with Gasteiger partial charge in [-0.25, -0.2) is 0 Å². The van der Waals surface area contributed by atoms with Gasteiger partial charge >= 0.3 is 11.8 Å². The van der Waals surface area contributed by atoms with Crippen LogP contribution in [0.2, 0.25) is 0 Å². The molecule has 1 aromatic rings. The number of carbonyl (C=O) groups excluding carboxylic acids is 1.